The van der Waals surface area contributed by atoms with Gasteiger partial charge in [0.25, 0.3) is 0 Å². The summed E-state index contributed by atoms with van der Waals surface area (Å²) in [6, 6.07) is 0. The van der Waals surface area contributed by atoms with E-state index in [2.05, 4.69) is 30.5 Å². The number of esters is 2. The summed E-state index contributed by atoms with van der Waals surface area (Å²) in [4.78, 5) is 34.6. The van der Waals surface area contributed by atoms with Crippen LogP contribution in [0.2, 0.25) is 0 Å². The van der Waals surface area contributed by atoms with Crippen LogP contribution in [0.3, 0.4) is 0 Å². The fourth-order valence-corrected chi connectivity index (χ4v) is 5.60. The van der Waals surface area contributed by atoms with Crippen LogP contribution in [0.1, 0.15) is 162 Å². The molecule has 1 unspecified atom stereocenters. The first-order valence-electron chi connectivity index (χ1n) is 18.1. The first-order valence-corrected chi connectivity index (χ1v) is 19.6. The van der Waals surface area contributed by atoms with Crippen molar-refractivity contribution in [3.05, 3.63) is 12.2 Å². The minimum Gasteiger partial charge on any atom is -0.462 e. The number of aliphatic hydroxyl groups excluding tert-OH is 2. The second kappa shape index (κ2) is 32.3. The molecule has 0 aromatic heterocycles. The molecule has 0 bridgehead atoms. The van der Waals surface area contributed by atoms with Gasteiger partial charge in [-0.3, -0.25) is 18.6 Å². The van der Waals surface area contributed by atoms with Gasteiger partial charge in [0.2, 0.25) is 0 Å². The molecule has 0 radical (unpaired) electrons. The maximum Gasteiger partial charge on any atom is 0.472 e. The van der Waals surface area contributed by atoms with E-state index >= 15 is 0 Å². The molecular formula is C35H67O10P. The van der Waals surface area contributed by atoms with Crippen molar-refractivity contribution < 1.29 is 47.8 Å². The molecule has 0 amide bonds. The molecule has 0 rings (SSSR count). The zero-order valence-corrected chi connectivity index (χ0v) is 29.9. The lowest BCUT2D eigenvalue weighted by molar-refractivity contribution is -0.161. The van der Waals surface area contributed by atoms with Crippen LogP contribution < -0.4 is 0 Å². The lowest BCUT2D eigenvalue weighted by Gasteiger charge is -2.20. The van der Waals surface area contributed by atoms with E-state index in [1.54, 1.807) is 0 Å². The first-order chi connectivity index (χ1) is 22.2. The summed E-state index contributed by atoms with van der Waals surface area (Å²) >= 11 is 0. The Labute approximate surface area is 279 Å². The maximum absolute atomic E-state index is 12.4. The number of carbonyl (C=O) groups is 2. The van der Waals surface area contributed by atoms with Gasteiger partial charge in [-0.1, -0.05) is 122 Å². The summed E-state index contributed by atoms with van der Waals surface area (Å²) in [5, 5.41) is 18.2. The van der Waals surface area contributed by atoms with Gasteiger partial charge in [-0.2, -0.15) is 0 Å². The minimum absolute atomic E-state index is 0.185. The Hall–Kier alpha value is -1.29. The monoisotopic (exact) mass is 678 g/mol. The molecule has 0 aliphatic carbocycles. The first kappa shape index (κ1) is 44.7. The van der Waals surface area contributed by atoms with Gasteiger partial charge in [0.1, 0.15) is 12.7 Å². The molecule has 0 heterocycles. The number of unbranched alkanes of at least 4 members (excludes halogenated alkanes) is 18. The van der Waals surface area contributed by atoms with Gasteiger partial charge in [-0.15, -0.1) is 0 Å². The third-order valence-electron chi connectivity index (χ3n) is 7.67. The SMILES string of the molecule is CCCCCCCC/C=C/CCCCCCCC(=O)OC[C@@H](COP(=O)(O)OC[C@H](O)CO)OC(=O)CCCCCCCCCC. The number of phosphoric acid groups is 1. The highest BCUT2D eigenvalue weighted by Gasteiger charge is 2.27. The quantitative estimate of drug-likeness (QED) is 0.0262. The van der Waals surface area contributed by atoms with Crippen molar-refractivity contribution in [3.63, 3.8) is 0 Å². The standard InChI is InChI=1S/C35H67O10P/c1-3-5-7-9-11-13-14-15-16-17-18-19-21-22-24-26-34(38)42-30-33(31-44-46(40,41)43-29-32(37)28-36)45-35(39)27-25-23-20-12-10-8-6-4-2/h15-16,32-33,36-37H,3-14,17-31H2,1-2H3,(H,40,41)/b16-15+/t32-,33+/m1/s1. The van der Waals surface area contributed by atoms with E-state index in [1.807, 2.05) is 0 Å². The van der Waals surface area contributed by atoms with E-state index in [4.69, 9.17) is 19.1 Å². The van der Waals surface area contributed by atoms with Crippen molar-refractivity contribution in [2.75, 3.05) is 26.4 Å². The summed E-state index contributed by atoms with van der Waals surface area (Å²) in [5.74, 6) is -0.937. The molecule has 0 saturated carbocycles. The number of hydrogen-bond acceptors (Lipinski definition) is 9. The number of allylic oxidation sites excluding steroid dienone is 2. The zero-order chi connectivity index (χ0) is 34.1. The second-order valence-corrected chi connectivity index (χ2v) is 13.7. The Morgan fingerprint density at radius 2 is 1.07 bits per heavy atom. The van der Waals surface area contributed by atoms with Crippen molar-refractivity contribution in [3.8, 4) is 0 Å². The number of phosphoric ester groups is 1. The molecule has 0 saturated heterocycles. The maximum atomic E-state index is 12.4. The van der Waals surface area contributed by atoms with Gasteiger partial charge in [0.05, 0.1) is 19.8 Å². The van der Waals surface area contributed by atoms with Crippen LogP contribution >= 0.6 is 7.82 Å². The average Bonchev–Trinajstić information content (AvgIpc) is 3.04. The van der Waals surface area contributed by atoms with Crippen molar-refractivity contribution in [2.45, 2.75) is 174 Å². The van der Waals surface area contributed by atoms with Gasteiger partial charge in [0.15, 0.2) is 6.10 Å². The van der Waals surface area contributed by atoms with Gasteiger partial charge in [-0.05, 0) is 38.5 Å². The van der Waals surface area contributed by atoms with E-state index in [0.717, 1.165) is 51.4 Å². The second-order valence-electron chi connectivity index (χ2n) is 12.3. The topological polar surface area (TPSA) is 149 Å². The van der Waals surface area contributed by atoms with Crippen LogP contribution in [0.5, 0.6) is 0 Å². The normalized spacial score (nSPS) is 14.3. The van der Waals surface area contributed by atoms with Crippen molar-refractivity contribution in [1.82, 2.24) is 0 Å². The van der Waals surface area contributed by atoms with Crippen LogP contribution in [0.4, 0.5) is 0 Å². The molecule has 0 aromatic carbocycles. The molecule has 3 N–H and O–H groups in total. The molecule has 0 aromatic rings. The van der Waals surface area contributed by atoms with Crippen molar-refractivity contribution in [2.24, 2.45) is 0 Å². The predicted octanol–water partition coefficient (Wildman–Crippen LogP) is 8.50. The molecule has 272 valence electrons. The third-order valence-corrected chi connectivity index (χ3v) is 8.62. The molecule has 0 aliphatic rings. The predicted molar refractivity (Wildman–Crippen MR) is 182 cm³/mol. The van der Waals surface area contributed by atoms with Crippen LogP contribution in [0.15, 0.2) is 12.2 Å². The van der Waals surface area contributed by atoms with E-state index in [-0.39, 0.29) is 19.4 Å². The van der Waals surface area contributed by atoms with Crippen molar-refractivity contribution in [1.29, 1.82) is 0 Å². The van der Waals surface area contributed by atoms with Gasteiger partial charge < -0.3 is 24.6 Å². The van der Waals surface area contributed by atoms with Gasteiger partial charge >= 0.3 is 19.8 Å². The highest BCUT2D eigenvalue weighted by Crippen LogP contribution is 2.43. The Bertz CT molecular complexity index is 791. The summed E-state index contributed by atoms with van der Waals surface area (Å²) in [7, 11) is -4.60. The van der Waals surface area contributed by atoms with Gasteiger partial charge in [0, 0.05) is 12.8 Å². The van der Waals surface area contributed by atoms with Crippen LogP contribution in [0, 0.1) is 0 Å². The molecule has 11 heteroatoms. The zero-order valence-electron chi connectivity index (χ0n) is 29.0. The molecular weight excluding hydrogens is 611 g/mol. The summed E-state index contributed by atoms with van der Waals surface area (Å²) in [5.41, 5.74) is 0. The molecule has 0 aliphatic heterocycles. The molecule has 3 atom stereocenters. The number of aliphatic hydroxyl groups is 2. The smallest absolute Gasteiger partial charge is 0.462 e. The van der Waals surface area contributed by atoms with E-state index in [1.165, 1.54) is 70.6 Å². The van der Waals surface area contributed by atoms with Crippen LogP contribution in [0.25, 0.3) is 0 Å². The summed E-state index contributed by atoms with van der Waals surface area (Å²) in [6.45, 7) is 2.31. The number of hydrogen-bond donors (Lipinski definition) is 3. The Morgan fingerprint density at radius 1 is 0.630 bits per heavy atom. The summed E-state index contributed by atoms with van der Waals surface area (Å²) < 4.78 is 32.4. The van der Waals surface area contributed by atoms with E-state index in [9.17, 15) is 24.2 Å². The van der Waals surface area contributed by atoms with Crippen molar-refractivity contribution >= 4 is 19.8 Å². The number of ether oxygens (including phenoxy) is 2. The van der Waals surface area contributed by atoms with E-state index in [0.29, 0.717) is 12.8 Å². The molecule has 10 nitrogen and oxygen atoms in total. The van der Waals surface area contributed by atoms with E-state index < -0.39 is 51.8 Å². The van der Waals surface area contributed by atoms with Gasteiger partial charge in [-0.25, -0.2) is 4.57 Å². The Kier molecular flexibility index (Phi) is 31.4. The average molecular weight is 679 g/mol. The molecule has 0 spiro atoms. The highest BCUT2D eigenvalue weighted by molar-refractivity contribution is 7.47. The van der Waals surface area contributed by atoms with Crippen LogP contribution in [-0.4, -0.2) is 65.7 Å². The minimum atomic E-state index is -4.60. The molecule has 0 fully saturated rings. The number of carbonyl (C=O) groups excluding carboxylic acids is 2. The van der Waals surface area contributed by atoms with Crippen LogP contribution in [-0.2, 0) is 32.7 Å². The summed E-state index contributed by atoms with van der Waals surface area (Å²) in [6.07, 6.45) is 26.3. The lowest BCUT2D eigenvalue weighted by atomic mass is 10.1. The highest BCUT2D eigenvalue weighted by atomic mass is 31.2. The fourth-order valence-electron chi connectivity index (χ4n) is 4.81. The number of rotatable bonds is 34. The lowest BCUT2D eigenvalue weighted by Crippen LogP contribution is -2.29. The largest absolute Gasteiger partial charge is 0.472 e. The molecule has 46 heavy (non-hydrogen) atoms. The third kappa shape index (κ3) is 31.3. The fraction of sp³-hybridized carbons (Fsp3) is 0.886. The Balaban J connectivity index is 4.33. The Morgan fingerprint density at radius 3 is 1.57 bits per heavy atom.